The molecule has 3 aromatic rings. The fourth-order valence-electron chi connectivity index (χ4n) is 4.74. The molecule has 3 heterocycles. The fraction of sp³-hybridized carbons (Fsp3) is 0.379. The Balaban J connectivity index is 1.25. The normalized spacial score (nSPS) is 14.8. The van der Waals surface area contributed by atoms with Gasteiger partial charge < -0.3 is 25.2 Å². The summed E-state index contributed by atoms with van der Waals surface area (Å²) in [5.74, 6) is -0.797. The first kappa shape index (κ1) is 27.2. The number of halogens is 1. The Morgan fingerprint density at radius 2 is 1.90 bits per heavy atom. The smallest absolute Gasteiger partial charge is 0.410 e. The highest BCUT2D eigenvalue weighted by Gasteiger charge is 2.37. The summed E-state index contributed by atoms with van der Waals surface area (Å²) >= 11 is 0. The van der Waals surface area contributed by atoms with E-state index in [0.717, 1.165) is 22.6 Å². The highest BCUT2D eigenvalue weighted by Crippen LogP contribution is 2.37. The molecule has 5 rings (SSSR count). The predicted octanol–water partition coefficient (Wildman–Crippen LogP) is 4.25. The second-order valence-electron chi connectivity index (χ2n) is 11.3. The van der Waals surface area contributed by atoms with Gasteiger partial charge in [0.15, 0.2) is 0 Å². The lowest BCUT2D eigenvalue weighted by atomic mass is 9.99. The number of carbonyl (C=O) groups is 3. The number of benzene rings is 2. The van der Waals surface area contributed by atoms with Gasteiger partial charge in [0.2, 0.25) is 5.91 Å². The Bertz CT molecular complexity index is 1490. The lowest BCUT2D eigenvalue weighted by molar-refractivity contribution is -0.129. The van der Waals surface area contributed by atoms with Crippen LogP contribution in [0.4, 0.5) is 26.4 Å². The second-order valence-corrected chi connectivity index (χ2v) is 11.3. The molecule has 2 aliphatic heterocycles. The summed E-state index contributed by atoms with van der Waals surface area (Å²) in [6.07, 6.45) is 1.25. The third-order valence-corrected chi connectivity index (χ3v) is 6.94. The first-order valence-electron chi connectivity index (χ1n) is 13.1. The number of nitrogens with one attached hydrogen (secondary N) is 2. The summed E-state index contributed by atoms with van der Waals surface area (Å²) in [4.78, 5) is 41.3. The number of fused-ring (bicyclic) bond motifs is 2. The number of ether oxygens (including phenoxy) is 1. The molecule has 0 spiro atoms. The number of likely N-dealkylation sites (tertiary alicyclic amines) is 1. The third-order valence-electron chi connectivity index (χ3n) is 6.94. The molecule has 1 fully saturated rings. The van der Waals surface area contributed by atoms with Gasteiger partial charge >= 0.3 is 6.09 Å². The molecule has 3 amide bonds. The largest absolute Gasteiger partial charge is 0.444 e. The molecule has 2 aromatic carbocycles. The number of aryl methyl sites for hydroxylation is 2. The van der Waals surface area contributed by atoms with Crippen molar-refractivity contribution < 1.29 is 23.5 Å². The minimum atomic E-state index is -0.607. The lowest BCUT2D eigenvalue weighted by Crippen LogP contribution is -2.56. The zero-order chi connectivity index (χ0) is 28.8. The molecule has 11 heteroatoms. The monoisotopic (exact) mass is 548 g/mol. The summed E-state index contributed by atoms with van der Waals surface area (Å²) < 4.78 is 22.1. The van der Waals surface area contributed by atoms with Crippen LogP contribution in [0.25, 0.3) is 0 Å². The van der Waals surface area contributed by atoms with Crippen molar-refractivity contribution in [2.45, 2.75) is 46.4 Å². The van der Waals surface area contributed by atoms with Crippen molar-refractivity contribution in [2.75, 3.05) is 23.3 Å². The number of carbonyl (C=O) groups excluding carboxylic acids is 3. The van der Waals surface area contributed by atoms with Gasteiger partial charge in [-0.25, -0.2) is 9.18 Å². The van der Waals surface area contributed by atoms with Gasteiger partial charge in [-0.05, 0) is 57.5 Å². The average Bonchev–Trinajstić information content (AvgIpc) is 3.09. The number of hydrogen-bond acceptors (Lipinski definition) is 6. The van der Waals surface area contributed by atoms with Crippen LogP contribution in [0, 0.1) is 18.7 Å². The number of rotatable bonds is 4. The first-order chi connectivity index (χ1) is 18.9. The van der Waals surface area contributed by atoms with Crippen LogP contribution in [0.5, 0.6) is 0 Å². The van der Waals surface area contributed by atoms with Crippen LogP contribution in [0.2, 0.25) is 0 Å². The van der Waals surface area contributed by atoms with Gasteiger partial charge in [0.25, 0.3) is 5.91 Å². The lowest BCUT2D eigenvalue weighted by Gasteiger charge is -2.38. The van der Waals surface area contributed by atoms with E-state index < -0.39 is 17.5 Å². The maximum atomic E-state index is 15.1. The number of anilines is 3. The number of hydrogen-bond donors (Lipinski definition) is 2. The minimum Gasteiger partial charge on any atom is -0.444 e. The van der Waals surface area contributed by atoms with Crippen LogP contribution in [-0.4, -0.2) is 51.3 Å². The highest BCUT2D eigenvalue weighted by atomic mass is 19.1. The van der Waals surface area contributed by atoms with E-state index in [9.17, 15) is 14.4 Å². The van der Waals surface area contributed by atoms with Gasteiger partial charge in [-0.2, -0.15) is 5.10 Å². The van der Waals surface area contributed by atoms with Crippen LogP contribution in [0.15, 0.2) is 42.6 Å². The molecule has 1 saturated heterocycles. The molecule has 0 radical (unpaired) electrons. The van der Waals surface area contributed by atoms with E-state index in [0.29, 0.717) is 5.69 Å². The van der Waals surface area contributed by atoms with E-state index in [1.807, 2.05) is 32.2 Å². The van der Waals surface area contributed by atoms with Crippen molar-refractivity contribution in [1.29, 1.82) is 0 Å². The molecule has 0 unspecified atom stereocenters. The van der Waals surface area contributed by atoms with Crippen molar-refractivity contribution in [3.05, 3.63) is 70.7 Å². The number of nitrogens with zero attached hydrogens (tertiary/aromatic N) is 4. The summed E-state index contributed by atoms with van der Waals surface area (Å²) in [5, 5.41) is 10.4. The SMILES string of the molecule is Cc1ccc2c(c1)Nc1c(cnn1C)CN2C(=O)c1ccc(CNC(=O)C2CN(C(=O)OC(C)(C)C)C2)c(F)c1. The quantitative estimate of drug-likeness (QED) is 0.505. The highest BCUT2D eigenvalue weighted by molar-refractivity contribution is 6.08. The van der Waals surface area contributed by atoms with E-state index in [2.05, 4.69) is 15.7 Å². The molecule has 0 aliphatic carbocycles. The van der Waals surface area contributed by atoms with Gasteiger partial charge in [-0.1, -0.05) is 12.1 Å². The Morgan fingerprint density at radius 1 is 1.15 bits per heavy atom. The fourth-order valence-corrected chi connectivity index (χ4v) is 4.74. The zero-order valence-electron chi connectivity index (χ0n) is 23.2. The standard InChI is InChI=1S/C29H33FN6O4/c1-17-6-9-24-23(10-17)33-25-20(13-32-34(25)5)16-36(24)27(38)18-7-8-19(22(30)11-18)12-31-26(37)21-14-35(15-21)28(39)40-29(2,3)4/h6-11,13,21,33H,12,14-16H2,1-5H3,(H,31,37). The molecule has 2 N–H and O–H groups in total. The molecular formula is C29H33FN6O4. The van der Waals surface area contributed by atoms with Crippen LogP contribution >= 0.6 is 0 Å². The molecular weight excluding hydrogens is 515 g/mol. The predicted molar refractivity (Wildman–Crippen MR) is 148 cm³/mol. The maximum absolute atomic E-state index is 15.1. The molecule has 0 saturated carbocycles. The molecule has 1 aromatic heterocycles. The van der Waals surface area contributed by atoms with E-state index in [-0.39, 0.29) is 55.0 Å². The average molecular weight is 549 g/mol. The van der Waals surface area contributed by atoms with Crippen molar-refractivity contribution in [1.82, 2.24) is 20.0 Å². The minimum absolute atomic E-state index is 0.0309. The molecule has 40 heavy (non-hydrogen) atoms. The van der Waals surface area contributed by atoms with E-state index >= 15 is 4.39 Å². The molecule has 10 nitrogen and oxygen atoms in total. The topological polar surface area (TPSA) is 109 Å². The van der Waals surface area contributed by atoms with Crippen molar-refractivity contribution in [2.24, 2.45) is 13.0 Å². The Kier molecular flexibility index (Phi) is 6.99. The molecule has 0 bridgehead atoms. The van der Waals surface area contributed by atoms with Gasteiger partial charge in [0.05, 0.1) is 30.0 Å². The van der Waals surface area contributed by atoms with Crippen LogP contribution in [-0.2, 0) is 29.7 Å². The summed E-state index contributed by atoms with van der Waals surface area (Å²) in [7, 11) is 1.83. The van der Waals surface area contributed by atoms with Crippen LogP contribution in [0.3, 0.4) is 0 Å². The van der Waals surface area contributed by atoms with E-state index in [4.69, 9.17) is 4.74 Å². The first-order valence-corrected chi connectivity index (χ1v) is 13.1. The summed E-state index contributed by atoms with van der Waals surface area (Å²) in [6, 6.07) is 10.0. The number of aromatic nitrogens is 2. The van der Waals surface area contributed by atoms with Gasteiger partial charge in [-0.15, -0.1) is 0 Å². The van der Waals surface area contributed by atoms with Gasteiger partial charge in [-0.3, -0.25) is 14.3 Å². The van der Waals surface area contributed by atoms with E-state index in [1.54, 1.807) is 42.6 Å². The van der Waals surface area contributed by atoms with Crippen LogP contribution in [0.1, 0.15) is 47.8 Å². The Morgan fingerprint density at radius 3 is 2.60 bits per heavy atom. The number of amides is 3. The van der Waals surface area contributed by atoms with Gasteiger partial charge in [0.1, 0.15) is 17.2 Å². The van der Waals surface area contributed by atoms with Crippen molar-refractivity contribution in [3.8, 4) is 0 Å². The van der Waals surface area contributed by atoms with Crippen molar-refractivity contribution >= 4 is 35.1 Å². The second kappa shape index (κ2) is 10.3. The van der Waals surface area contributed by atoms with Gasteiger partial charge in [0, 0.05) is 43.4 Å². The summed E-state index contributed by atoms with van der Waals surface area (Å²) in [6.45, 7) is 8.06. The van der Waals surface area contributed by atoms with Crippen molar-refractivity contribution in [3.63, 3.8) is 0 Å². The summed E-state index contributed by atoms with van der Waals surface area (Å²) in [5.41, 5.74) is 3.16. The molecule has 0 atom stereocenters. The molecule has 2 aliphatic rings. The van der Waals surface area contributed by atoms with E-state index in [1.165, 1.54) is 17.0 Å². The zero-order valence-corrected chi connectivity index (χ0v) is 23.2. The Hall–Kier alpha value is -4.41. The third kappa shape index (κ3) is 5.49. The molecule has 210 valence electrons. The maximum Gasteiger partial charge on any atom is 0.410 e. The Labute approximate surface area is 232 Å². The van der Waals surface area contributed by atoms with Crippen LogP contribution < -0.4 is 15.5 Å².